The van der Waals surface area contributed by atoms with E-state index in [9.17, 15) is 5.11 Å². The van der Waals surface area contributed by atoms with E-state index in [1.165, 1.54) is 18.3 Å². The topological polar surface area (TPSA) is 79.4 Å². The minimum absolute atomic E-state index is 0.338. The maximum atomic E-state index is 9.55. The normalized spacial score (nSPS) is 16.0. The van der Waals surface area contributed by atoms with E-state index in [0.717, 1.165) is 16.2 Å². The molecule has 1 heterocycles. The highest BCUT2D eigenvalue weighted by atomic mass is 32.2. The largest absolute Gasteiger partial charge is 0.393 e. The molecular formula is C6H10N2O2S2. The molecule has 0 aliphatic heterocycles. The lowest BCUT2D eigenvalue weighted by Crippen LogP contribution is -2.25. The average Bonchev–Trinajstić information content (AvgIpc) is 2.52. The quantitative estimate of drug-likeness (QED) is 0.620. The van der Waals surface area contributed by atoms with Crippen LogP contribution < -0.4 is 5.14 Å². The summed E-state index contributed by atoms with van der Waals surface area (Å²) in [5, 5.41) is 24.1. The predicted octanol–water partition coefficient (Wildman–Crippen LogP) is 0.309. The van der Waals surface area contributed by atoms with Crippen molar-refractivity contribution in [1.29, 1.82) is 0 Å². The summed E-state index contributed by atoms with van der Waals surface area (Å²) in [5.74, 6) is 0. The number of aliphatic hydroxyl groups is 2. The Morgan fingerprint density at radius 2 is 2.50 bits per heavy atom. The lowest BCUT2D eigenvalue weighted by Gasteiger charge is -2.16. The molecule has 6 heteroatoms. The third-order valence-corrected chi connectivity index (χ3v) is 3.29. The molecule has 1 aromatic heterocycles. The molecule has 0 bridgehead atoms. The van der Waals surface area contributed by atoms with E-state index < -0.39 is 5.60 Å². The molecule has 0 saturated carbocycles. The molecule has 12 heavy (non-hydrogen) atoms. The fourth-order valence-corrected chi connectivity index (χ4v) is 1.86. The Kier molecular flexibility index (Phi) is 3.08. The van der Waals surface area contributed by atoms with Crippen LogP contribution in [0.1, 0.15) is 11.9 Å². The highest BCUT2D eigenvalue weighted by molar-refractivity contribution is 7.99. The zero-order valence-electron chi connectivity index (χ0n) is 6.52. The van der Waals surface area contributed by atoms with Crippen molar-refractivity contribution in [2.45, 2.75) is 16.7 Å². The van der Waals surface area contributed by atoms with Crippen LogP contribution in [-0.2, 0) is 5.60 Å². The summed E-state index contributed by atoms with van der Waals surface area (Å²) >= 11 is 2.36. The van der Waals surface area contributed by atoms with Crippen LogP contribution >= 0.6 is 23.3 Å². The van der Waals surface area contributed by atoms with Crippen molar-refractivity contribution in [2.24, 2.45) is 5.14 Å². The van der Waals surface area contributed by atoms with Crippen LogP contribution in [0.5, 0.6) is 0 Å². The Balaban J connectivity index is 2.88. The van der Waals surface area contributed by atoms with Crippen molar-refractivity contribution in [3.8, 4) is 0 Å². The molecule has 1 atom stereocenters. The molecule has 4 nitrogen and oxygen atoms in total. The standard InChI is InChI=1S/C6H10N2O2S2/c1-6(10,3-9)5-8-2-4(11-5)12-7/h2,9-10H,3,7H2,1H3. The average molecular weight is 206 g/mol. The molecule has 1 aromatic rings. The lowest BCUT2D eigenvalue weighted by molar-refractivity contribution is -0.00244. The number of nitrogens with zero attached hydrogens (tertiary/aromatic N) is 1. The Morgan fingerprint density at radius 3 is 2.92 bits per heavy atom. The van der Waals surface area contributed by atoms with Crippen LogP contribution in [0, 0.1) is 0 Å². The molecule has 0 spiro atoms. The lowest BCUT2D eigenvalue weighted by atomic mass is 10.1. The van der Waals surface area contributed by atoms with E-state index >= 15 is 0 Å². The SMILES string of the molecule is CC(O)(CO)c1ncc(SN)s1. The molecule has 0 amide bonds. The highest BCUT2D eigenvalue weighted by Crippen LogP contribution is 2.28. The first kappa shape index (κ1) is 9.94. The summed E-state index contributed by atoms with van der Waals surface area (Å²) in [5.41, 5.74) is -1.25. The first-order chi connectivity index (χ1) is 5.60. The first-order valence-corrected chi connectivity index (χ1v) is 4.96. The molecule has 0 aromatic carbocycles. The molecule has 0 radical (unpaired) electrons. The minimum Gasteiger partial charge on any atom is -0.393 e. The van der Waals surface area contributed by atoms with Gasteiger partial charge in [-0.15, -0.1) is 11.3 Å². The molecule has 68 valence electrons. The Bertz CT molecular complexity index is 262. The Hall–Kier alpha value is -0.140. The van der Waals surface area contributed by atoms with E-state index in [1.807, 2.05) is 0 Å². The minimum atomic E-state index is -1.25. The molecule has 1 unspecified atom stereocenters. The molecule has 4 N–H and O–H groups in total. The van der Waals surface area contributed by atoms with Gasteiger partial charge in [0.2, 0.25) is 0 Å². The van der Waals surface area contributed by atoms with Gasteiger partial charge in [0.15, 0.2) is 0 Å². The smallest absolute Gasteiger partial charge is 0.136 e. The number of rotatable bonds is 3. The fraction of sp³-hybridized carbons (Fsp3) is 0.500. The van der Waals surface area contributed by atoms with Gasteiger partial charge in [0, 0.05) is 0 Å². The summed E-state index contributed by atoms with van der Waals surface area (Å²) < 4.78 is 0.818. The van der Waals surface area contributed by atoms with Gasteiger partial charge in [0.05, 0.1) is 17.0 Å². The third-order valence-electron chi connectivity index (χ3n) is 1.37. The number of aromatic nitrogens is 1. The molecule has 0 aliphatic carbocycles. The monoisotopic (exact) mass is 206 g/mol. The van der Waals surface area contributed by atoms with Gasteiger partial charge in [-0.3, -0.25) is 5.14 Å². The van der Waals surface area contributed by atoms with Gasteiger partial charge in [-0.2, -0.15) is 0 Å². The summed E-state index contributed by atoms with van der Waals surface area (Å²) in [4.78, 5) is 3.94. The van der Waals surface area contributed by atoms with Crippen LogP contribution in [0.2, 0.25) is 0 Å². The Labute approximate surface area is 78.6 Å². The van der Waals surface area contributed by atoms with Gasteiger partial charge in [-0.05, 0) is 18.9 Å². The summed E-state index contributed by atoms with van der Waals surface area (Å²) in [7, 11) is 0. The fourth-order valence-electron chi connectivity index (χ4n) is 0.630. The second-order valence-electron chi connectivity index (χ2n) is 2.53. The van der Waals surface area contributed by atoms with Crippen LogP contribution in [-0.4, -0.2) is 21.8 Å². The van der Waals surface area contributed by atoms with Crippen molar-refractivity contribution in [3.63, 3.8) is 0 Å². The van der Waals surface area contributed by atoms with Crippen LogP contribution in [0.15, 0.2) is 10.4 Å². The van der Waals surface area contributed by atoms with Crippen molar-refractivity contribution >= 4 is 23.3 Å². The van der Waals surface area contributed by atoms with Gasteiger partial charge < -0.3 is 10.2 Å². The highest BCUT2D eigenvalue weighted by Gasteiger charge is 2.25. The van der Waals surface area contributed by atoms with E-state index in [1.54, 1.807) is 6.20 Å². The molecule has 0 fully saturated rings. The number of hydrogen-bond acceptors (Lipinski definition) is 6. The van der Waals surface area contributed by atoms with E-state index in [0.29, 0.717) is 5.01 Å². The van der Waals surface area contributed by atoms with Gasteiger partial charge in [0.25, 0.3) is 0 Å². The molecular weight excluding hydrogens is 196 g/mol. The zero-order chi connectivity index (χ0) is 9.19. The second-order valence-corrected chi connectivity index (χ2v) is 4.50. The van der Waals surface area contributed by atoms with Gasteiger partial charge in [-0.25, -0.2) is 4.98 Å². The van der Waals surface area contributed by atoms with Crippen molar-refractivity contribution < 1.29 is 10.2 Å². The van der Waals surface area contributed by atoms with Crippen molar-refractivity contribution in [2.75, 3.05) is 6.61 Å². The molecule has 0 saturated heterocycles. The van der Waals surface area contributed by atoms with Crippen molar-refractivity contribution in [3.05, 3.63) is 11.2 Å². The third kappa shape index (κ3) is 1.96. The number of aliphatic hydroxyl groups excluding tert-OH is 1. The van der Waals surface area contributed by atoms with Crippen LogP contribution in [0.25, 0.3) is 0 Å². The Morgan fingerprint density at radius 1 is 1.83 bits per heavy atom. The van der Waals surface area contributed by atoms with Crippen molar-refractivity contribution in [1.82, 2.24) is 4.98 Å². The summed E-state index contributed by atoms with van der Waals surface area (Å²) in [6, 6.07) is 0. The molecule has 1 rings (SSSR count). The van der Waals surface area contributed by atoms with E-state index in [4.69, 9.17) is 10.2 Å². The summed E-state index contributed by atoms with van der Waals surface area (Å²) in [6.07, 6.45) is 1.58. The van der Waals surface area contributed by atoms with E-state index in [-0.39, 0.29) is 6.61 Å². The van der Waals surface area contributed by atoms with E-state index in [2.05, 4.69) is 4.98 Å². The maximum absolute atomic E-state index is 9.55. The zero-order valence-corrected chi connectivity index (χ0v) is 8.15. The van der Waals surface area contributed by atoms with Gasteiger partial charge in [0.1, 0.15) is 10.6 Å². The number of nitrogens with two attached hydrogens (primary N) is 1. The summed E-state index contributed by atoms with van der Waals surface area (Å²) in [6.45, 7) is 1.17. The first-order valence-electron chi connectivity index (χ1n) is 3.26. The van der Waals surface area contributed by atoms with Gasteiger partial charge in [-0.1, -0.05) is 0 Å². The number of hydrogen-bond donors (Lipinski definition) is 3. The molecule has 0 aliphatic rings. The van der Waals surface area contributed by atoms with Gasteiger partial charge >= 0.3 is 0 Å². The van der Waals surface area contributed by atoms with Crippen LogP contribution in [0.3, 0.4) is 0 Å². The number of thiazole rings is 1. The van der Waals surface area contributed by atoms with Crippen LogP contribution in [0.4, 0.5) is 0 Å². The second kappa shape index (κ2) is 3.71. The maximum Gasteiger partial charge on any atom is 0.136 e. The predicted molar refractivity (Wildman–Crippen MR) is 48.8 cm³/mol.